The van der Waals surface area contributed by atoms with Gasteiger partial charge in [-0.25, -0.2) is 23.4 Å². The smallest absolute Gasteiger partial charge is 0.385 e. The van der Waals surface area contributed by atoms with Crippen LogP contribution < -0.4 is 5.43 Å². The second kappa shape index (κ2) is 17.3. The molecule has 1 amide bonds. The molecule has 1 aliphatic heterocycles. The van der Waals surface area contributed by atoms with Crippen LogP contribution in [0.15, 0.2) is 95.9 Å². The molecular formula is C43H38F8N4O5. The first-order valence-corrected chi connectivity index (χ1v) is 18.8. The van der Waals surface area contributed by atoms with Crippen molar-refractivity contribution in [2.45, 2.75) is 76.6 Å². The first-order chi connectivity index (χ1) is 28.2. The molecule has 0 bridgehead atoms. The highest BCUT2D eigenvalue weighted by Gasteiger charge is 2.47. The van der Waals surface area contributed by atoms with Crippen LogP contribution in [0.3, 0.4) is 0 Å². The lowest BCUT2D eigenvalue weighted by Crippen LogP contribution is -2.57. The molecule has 3 aromatic carbocycles. The van der Waals surface area contributed by atoms with E-state index in [-0.39, 0.29) is 68.5 Å². The van der Waals surface area contributed by atoms with Crippen LogP contribution in [0.2, 0.25) is 0 Å². The highest BCUT2D eigenvalue weighted by atomic mass is 19.4. The van der Waals surface area contributed by atoms with Crippen LogP contribution >= 0.6 is 0 Å². The number of carbonyl (C=O) groups excluding carboxylic acids is 3. The Morgan fingerprint density at radius 1 is 0.817 bits per heavy atom. The Morgan fingerprint density at radius 2 is 1.45 bits per heavy atom. The van der Waals surface area contributed by atoms with E-state index in [1.54, 1.807) is 50.8 Å². The monoisotopic (exact) mass is 842 g/mol. The molecule has 0 saturated carbocycles. The highest BCUT2D eigenvalue weighted by Crippen LogP contribution is 2.32. The van der Waals surface area contributed by atoms with Crippen LogP contribution in [-0.4, -0.2) is 68.0 Å². The molecule has 1 aliphatic rings. The van der Waals surface area contributed by atoms with Gasteiger partial charge in [0.2, 0.25) is 5.91 Å². The first kappa shape index (κ1) is 43.6. The fourth-order valence-electron chi connectivity index (χ4n) is 7.27. The fourth-order valence-corrected chi connectivity index (χ4v) is 7.27. The summed E-state index contributed by atoms with van der Waals surface area (Å²) in [7, 11) is 0. The maximum absolute atomic E-state index is 14.6. The predicted molar refractivity (Wildman–Crippen MR) is 203 cm³/mol. The highest BCUT2D eigenvalue weighted by molar-refractivity contribution is 5.92. The SMILES string of the molecule is CC(C)(C(=O)OC(=O)C(F)(F)F)N1CCC(N(Cc2ccc(-c3ccc(C(F)(F)F)cc3)cc2)C(=O)Cn2c(CCc3cccc(F)c3F)cc(=O)c3cccnc32)CC1. The van der Waals surface area contributed by atoms with Crippen molar-refractivity contribution in [2.75, 3.05) is 13.1 Å². The third-order valence-electron chi connectivity index (χ3n) is 10.7. The summed E-state index contributed by atoms with van der Waals surface area (Å²) in [5, 5.41) is 0.211. The second-order valence-corrected chi connectivity index (χ2v) is 14.9. The van der Waals surface area contributed by atoms with E-state index >= 15 is 0 Å². The van der Waals surface area contributed by atoms with Gasteiger partial charge in [0.15, 0.2) is 17.1 Å². The molecule has 0 N–H and O–H groups in total. The number of rotatable bonds is 11. The molecule has 0 spiro atoms. The zero-order valence-corrected chi connectivity index (χ0v) is 32.2. The number of hydrogen-bond donors (Lipinski definition) is 0. The normalized spacial score (nSPS) is 14.3. The number of piperidine rings is 1. The predicted octanol–water partition coefficient (Wildman–Crippen LogP) is 8.05. The molecule has 0 unspecified atom stereocenters. The molecule has 17 heteroatoms. The van der Waals surface area contributed by atoms with Crippen LogP contribution in [-0.2, 0) is 51.2 Å². The van der Waals surface area contributed by atoms with E-state index in [1.807, 2.05) is 0 Å². The maximum atomic E-state index is 14.6. The fraction of sp³-hybridized carbons (Fsp3) is 0.326. The van der Waals surface area contributed by atoms with Gasteiger partial charge < -0.3 is 14.2 Å². The Hall–Kier alpha value is -5.97. The Morgan fingerprint density at radius 3 is 2.07 bits per heavy atom. The summed E-state index contributed by atoms with van der Waals surface area (Å²) in [4.78, 5) is 59.6. The molecule has 0 atom stereocenters. The van der Waals surface area contributed by atoms with Gasteiger partial charge in [0.1, 0.15) is 17.7 Å². The molecule has 2 aromatic heterocycles. The Labute approximate surface area is 338 Å². The molecule has 5 aromatic rings. The molecule has 316 valence electrons. The lowest BCUT2D eigenvalue weighted by molar-refractivity contribution is -0.205. The Bertz CT molecular complexity index is 2440. The van der Waals surface area contributed by atoms with Gasteiger partial charge in [0.05, 0.1) is 10.9 Å². The Balaban J connectivity index is 1.29. The maximum Gasteiger partial charge on any atom is 0.491 e. The number of esters is 2. The van der Waals surface area contributed by atoms with E-state index < -0.39 is 64.4 Å². The number of aryl methyl sites for hydroxylation is 2. The van der Waals surface area contributed by atoms with Crippen molar-refractivity contribution >= 4 is 28.9 Å². The summed E-state index contributed by atoms with van der Waals surface area (Å²) in [5.74, 6) is -6.55. The zero-order valence-electron chi connectivity index (χ0n) is 32.2. The van der Waals surface area contributed by atoms with Crippen LogP contribution in [0, 0.1) is 11.6 Å². The van der Waals surface area contributed by atoms with Crippen molar-refractivity contribution in [3.8, 4) is 11.1 Å². The number of nitrogens with zero attached hydrogens (tertiary/aromatic N) is 4. The van der Waals surface area contributed by atoms with Crippen LogP contribution in [0.4, 0.5) is 35.1 Å². The van der Waals surface area contributed by atoms with E-state index in [2.05, 4.69) is 9.72 Å². The molecule has 0 aliphatic carbocycles. The molecule has 1 saturated heterocycles. The van der Waals surface area contributed by atoms with Crippen LogP contribution in [0.25, 0.3) is 22.2 Å². The summed E-state index contributed by atoms with van der Waals surface area (Å²) in [6, 6.07) is 19.1. The molecule has 0 radical (unpaired) electrons. The van der Waals surface area contributed by atoms with E-state index in [0.717, 1.165) is 18.2 Å². The van der Waals surface area contributed by atoms with E-state index in [1.165, 1.54) is 50.4 Å². The van der Waals surface area contributed by atoms with Gasteiger partial charge in [-0.1, -0.05) is 48.5 Å². The van der Waals surface area contributed by atoms with Crippen LogP contribution in [0.1, 0.15) is 49.1 Å². The first-order valence-electron chi connectivity index (χ1n) is 18.8. The Kier molecular flexibility index (Phi) is 12.6. The van der Waals surface area contributed by atoms with E-state index in [0.29, 0.717) is 22.4 Å². The number of carbonyl (C=O) groups is 3. The number of amides is 1. The summed E-state index contributed by atoms with van der Waals surface area (Å²) in [6.45, 7) is 2.54. The lowest BCUT2D eigenvalue weighted by atomic mass is 9.95. The van der Waals surface area contributed by atoms with Gasteiger partial charge in [0, 0.05) is 43.6 Å². The summed E-state index contributed by atoms with van der Waals surface area (Å²) in [6.07, 6.45) is -7.96. The van der Waals surface area contributed by atoms with Gasteiger partial charge >= 0.3 is 24.3 Å². The minimum absolute atomic E-state index is 0.0180. The summed E-state index contributed by atoms with van der Waals surface area (Å²) < 4.78 is 112. The number of likely N-dealkylation sites (tertiary alicyclic amines) is 1. The average molecular weight is 843 g/mol. The number of ether oxygens (including phenoxy) is 1. The number of alkyl halides is 6. The van der Waals surface area contributed by atoms with Crippen molar-refractivity contribution in [3.63, 3.8) is 0 Å². The molecule has 60 heavy (non-hydrogen) atoms. The van der Waals surface area contributed by atoms with Gasteiger partial charge in [-0.3, -0.25) is 14.5 Å². The minimum atomic E-state index is -5.38. The molecule has 3 heterocycles. The third-order valence-corrected chi connectivity index (χ3v) is 10.7. The molecular weight excluding hydrogens is 804 g/mol. The van der Waals surface area contributed by atoms with Gasteiger partial charge in [0.25, 0.3) is 0 Å². The third kappa shape index (κ3) is 9.73. The number of benzene rings is 3. The van der Waals surface area contributed by atoms with Crippen molar-refractivity contribution in [1.29, 1.82) is 0 Å². The van der Waals surface area contributed by atoms with E-state index in [9.17, 15) is 54.3 Å². The summed E-state index contributed by atoms with van der Waals surface area (Å²) >= 11 is 0. The molecule has 9 nitrogen and oxygen atoms in total. The van der Waals surface area contributed by atoms with Crippen LogP contribution in [0.5, 0.6) is 0 Å². The van der Waals surface area contributed by atoms with Crippen molar-refractivity contribution < 1.29 is 54.2 Å². The topological polar surface area (TPSA) is 102 Å². The number of halogens is 8. The van der Waals surface area contributed by atoms with Crippen molar-refractivity contribution in [2.24, 2.45) is 0 Å². The van der Waals surface area contributed by atoms with Crippen molar-refractivity contribution in [1.82, 2.24) is 19.4 Å². The standard InChI is InChI=1S/C43H38F8N4O5/c1-41(2,39(58)60-40(59)43(49,50)51)53-21-18-31(19-22-53)54(24-26-8-10-27(11-9-26)28-12-15-30(16-13-28)42(46,47)48)36(57)25-55-32(17-14-29-5-3-7-34(44)37(29)45)23-35(56)33-6-4-20-52-38(33)55/h3-13,15-16,20,23,31H,14,17-19,21-22,24-25H2,1-2H3. The number of fused-ring (bicyclic) bond motifs is 1. The van der Waals surface area contributed by atoms with Crippen molar-refractivity contribution in [3.05, 3.63) is 135 Å². The number of pyridine rings is 2. The number of hydrogen-bond acceptors (Lipinski definition) is 7. The summed E-state index contributed by atoms with van der Waals surface area (Å²) in [5.41, 5.74) is -0.501. The minimum Gasteiger partial charge on any atom is -0.385 e. The van der Waals surface area contributed by atoms with Gasteiger partial charge in [-0.05, 0) is 92.1 Å². The average Bonchev–Trinajstić information content (AvgIpc) is 3.21. The van der Waals surface area contributed by atoms with Gasteiger partial charge in [-0.15, -0.1) is 0 Å². The van der Waals surface area contributed by atoms with E-state index in [4.69, 9.17) is 0 Å². The van der Waals surface area contributed by atoms with Gasteiger partial charge in [-0.2, -0.15) is 26.3 Å². The second-order valence-electron chi connectivity index (χ2n) is 14.9. The molecule has 6 rings (SSSR count). The largest absolute Gasteiger partial charge is 0.491 e. The zero-order chi connectivity index (χ0) is 43.6. The lowest BCUT2D eigenvalue weighted by Gasteiger charge is -2.44. The molecule has 1 fully saturated rings. The quantitative estimate of drug-likeness (QED) is 0.0754. The number of aromatic nitrogens is 2.